The first-order valence-electron chi connectivity index (χ1n) is 6.99. The summed E-state index contributed by atoms with van der Waals surface area (Å²) in [6, 6.07) is -1.29. The van der Waals surface area contributed by atoms with Crippen LogP contribution < -0.4 is 11.1 Å². The van der Waals surface area contributed by atoms with Crippen molar-refractivity contribution in [2.75, 3.05) is 13.1 Å². The maximum atomic E-state index is 12.2. The van der Waals surface area contributed by atoms with Gasteiger partial charge in [0.1, 0.15) is 6.04 Å². The lowest BCUT2D eigenvalue weighted by molar-refractivity contribution is -0.144. The third-order valence-corrected chi connectivity index (χ3v) is 4.47. The summed E-state index contributed by atoms with van der Waals surface area (Å²) >= 11 is 0. The Hall–Kier alpha value is -1.30. The zero-order valence-electron chi connectivity index (χ0n) is 11.4. The predicted molar refractivity (Wildman–Crippen MR) is 70.3 cm³/mol. The SMILES string of the molecule is CC(NC(N)=O)C(=O)N1CCC2(O)CCCCC2C1. The van der Waals surface area contributed by atoms with E-state index in [1.54, 1.807) is 11.8 Å². The Labute approximate surface area is 113 Å². The number of amides is 3. The summed E-state index contributed by atoms with van der Waals surface area (Å²) in [6.07, 6.45) is 4.63. The lowest BCUT2D eigenvalue weighted by Gasteiger charge is -2.47. The molecule has 2 aliphatic rings. The van der Waals surface area contributed by atoms with Crippen molar-refractivity contribution in [2.24, 2.45) is 11.7 Å². The van der Waals surface area contributed by atoms with E-state index in [1.165, 1.54) is 0 Å². The molecule has 3 unspecified atom stereocenters. The highest BCUT2D eigenvalue weighted by molar-refractivity contribution is 5.86. The van der Waals surface area contributed by atoms with Crippen molar-refractivity contribution in [3.05, 3.63) is 0 Å². The Balaban J connectivity index is 1.96. The van der Waals surface area contributed by atoms with Crippen molar-refractivity contribution in [2.45, 2.75) is 50.7 Å². The lowest BCUT2D eigenvalue weighted by Crippen LogP contribution is -2.58. The number of fused-ring (bicyclic) bond motifs is 1. The van der Waals surface area contributed by atoms with Gasteiger partial charge in [-0.25, -0.2) is 4.79 Å². The second-order valence-electron chi connectivity index (χ2n) is 5.81. The quantitative estimate of drug-likeness (QED) is 0.668. The number of hydrogen-bond donors (Lipinski definition) is 3. The molecule has 1 saturated heterocycles. The molecule has 0 spiro atoms. The number of primary amides is 1. The van der Waals surface area contributed by atoms with Gasteiger partial charge in [0.25, 0.3) is 0 Å². The Morgan fingerprint density at radius 2 is 2.16 bits per heavy atom. The van der Waals surface area contributed by atoms with Crippen LogP contribution in [0.1, 0.15) is 39.0 Å². The first-order valence-corrected chi connectivity index (χ1v) is 6.99. The average Bonchev–Trinajstić information content (AvgIpc) is 2.36. The van der Waals surface area contributed by atoms with Gasteiger partial charge < -0.3 is 21.1 Å². The van der Waals surface area contributed by atoms with Gasteiger partial charge in [0, 0.05) is 19.0 Å². The van der Waals surface area contributed by atoms with Crippen LogP contribution in [0.15, 0.2) is 0 Å². The molecule has 6 heteroatoms. The van der Waals surface area contributed by atoms with E-state index in [1.807, 2.05) is 0 Å². The molecular weight excluding hydrogens is 246 g/mol. The van der Waals surface area contributed by atoms with E-state index in [4.69, 9.17) is 5.73 Å². The topological polar surface area (TPSA) is 95.7 Å². The molecule has 0 aromatic rings. The number of rotatable bonds is 2. The summed E-state index contributed by atoms with van der Waals surface area (Å²) in [6.45, 7) is 2.77. The first-order chi connectivity index (χ1) is 8.92. The number of nitrogens with zero attached hydrogens (tertiary/aromatic N) is 1. The zero-order chi connectivity index (χ0) is 14.0. The monoisotopic (exact) mass is 269 g/mol. The Kier molecular flexibility index (Phi) is 3.99. The number of hydrogen-bond acceptors (Lipinski definition) is 3. The van der Waals surface area contributed by atoms with Gasteiger partial charge in [0.2, 0.25) is 5.91 Å². The minimum Gasteiger partial charge on any atom is -0.389 e. The molecule has 1 saturated carbocycles. The van der Waals surface area contributed by atoms with Gasteiger partial charge in [-0.05, 0) is 26.2 Å². The van der Waals surface area contributed by atoms with Gasteiger partial charge >= 0.3 is 6.03 Å². The van der Waals surface area contributed by atoms with E-state index in [0.29, 0.717) is 19.5 Å². The summed E-state index contributed by atoms with van der Waals surface area (Å²) in [5.41, 5.74) is 4.44. The van der Waals surface area contributed by atoms with E-state index >= 15 is 0 Å². The molecule has 2 rings (SSSR count). The van der Waals surface area contributed by atoms with E-state index < -0.39 is 17.7 Å². The van der Waals surface area contributed by atoms with Crippen LogP contribution in [-0.4, -0.2) is 46.7 Å². The smallest absolute Gasteiger partial charge is 0.312 e. The van der Waals surface area contributed by atoms with Crippen LogP contribution in [0.3, 0.4) is 0 Å². The number of urea groups is 1. The summed E-state index contributed by atoms with van der Waals surface area (Å²) in [5.74, 6) is 0.0474. The molecule has 0 bridgehead atoms. The number of carbonyl (C=O) groups is 2. The zero-order valence-corrected chi connectivity index (χ0v) is 11.4. The second-order valence-corrected chi connectivity index (χ2v) is 5.81. The van der Waals surface area contributed by atoms with Gasteiger partial charge in [0.05, 0.1) is 5.60 Å². The standard InChI is InChI=1S/C13H23N3O3/c1-9(15-12(14)18)11(17)16-7-6-13(19)5-3-2-4-10(13)8-16/h9-10,19H,2-8H2,1H3,(H3,14,15,18). The number of likely N-dealkylation sites (tertiary alicyclic amines) is 1. The van der Waals surface area contributed by atoms with E-state index in [2.05, 4.69) is 5.32 Å². The van der Waals surface area contributed by atoms with Crippen molar-refractivity contribution in [1.29, 1.82) is 0 Å². The fraction of sp³-hybridized carbons (Fsp3) is 0.846. The Bertz CT molecular complexity index is 374. The molecule has 6 nitrogen and oxygen atoms in total. The average molecular weight is 269 g/mol. The number of carbonyl (C=O) groups excluding carboxylic acids is 2. The summed E-state index contributed by atoms with van der Waals surface area (Å²) in [5, 5.41) is 13.0. The summed E-state index contributed by atoms with van der Waals surface area (Å²) < 4.78 is 0. The molecule has 19 heavy (non-hydrogen) atoms. The van der Waals surface area contributed by atoms with Crippen LogP contribution >= 0.6 is 0 Å². The fourth-order valence-electron chi connectivity index (χ4n) is 3.32. The number of piperidine rings is 1. The minimum atomic E-state index is -0.688. The highest BCUT2D eigenvalue weighted by Crippen LogP contribution is 2.39. The van der Waals surface area contributed by atoms with Crippen molar-refractivity contribution in [3.8, 4) is 0 Å². The molecule has 3 atom stereocenters. The molecule has 3 amide bonds. The van der Waals surface area contributed by atoms with Crippen LogP contribution in [-0.2, 0) is 4.79 Å². The maximum Gasteiger partial charge on any atom is 0.312 e. The molecule has 2 fully saturated rings. The largest absolute Gasteiger partial charge is 0.389 e. The van der Waals surface area contributed by atoms with Crippen LogP contribution in [0.5, 0.6) is 0 Å². The second kappa shape index (κ2) is 5.36. The Morgan fingerprint density at radius 1 is 1.42 bits per heavy atom. The fourth-order valence-corrected chi connectivity index (χ4v) is 3.32. The van der Waals surface area contributed by atoms with E-state index in [9.17, 15) is 14.7 Å². The number of nitrogens with one attached hydrogen (secondary N) is 1. The predicted octanol–water partition coefficient (Wildman–Crippen LogP) is 0.197. The highest BCUT2D eigenvalue weighted by atomic mass is 16.3. The molecule has 0 radical (unpaired) electrons. The molecule has 0 aromatic carbocycles. The van der Waals surface area contributed by atoms with Crippen molar-refractivity contribution >= 4 is 11.9 Å². The lowest BCUT2D eigenvalue weighted by atomic mass is 9.71. The van der Waals surface area contributed by atoms with E-state index in [0.717, 1.165) is 25.7 Å². The van der Waals surface area contributed by atoms with E-state index in [-0.39, 0.29) is 11.8 Å². The number of aliphatic hydroxyl groups is 1. The molecular formula is C13H23N3O3. The molecule has 4 N–H and O–H groups in total. The van der Waals surface area contributed by atoms with Crippen molar-refractivity contribution < 1.29 is 14.7 Å². The van der Waals surface area contributed by atoms with Crippen LogP contribution in [0, 0.1) is 5.92 Å². The molecule has 108 valence electrons. The molecule has 0 aromatic heterocycles. The van der Waals surface area contributed by atoms with Gasteiger partial charge in [-0.2, -0.15) is 0 Å². The first kappa shape index (κ1) is 14.1. The van der Waals surface area contributed by atoms with Crippen molar-refractivity contribution in [1.82, 2.24) is 10.2 Å². The molecule has 1 heterocycles. The van der Waals surface area contributed by atoms with Gasteiger partial charge in [-0.1, -0.05) is 12.8 Å². The van der Waals surface area contributed by atoms with Crippen LogP contribution in [0.2, 0.25) is 0 Å². The van der Waals surface area contributed by atoms with Crippen LogP contribution in [0.4, 0.5) is 4.79 Å². The maximum absolute atomic E-state index is 12.2. The summed E-state index contributed by atoms with van der Waals surface area (Å²) in [7, 11) is 0. The van der Waals surface area contributed by atoms with Gasteiger partial charge in [0.15, 0.2) is 0 Å². The third-order valence-electron chi connectivity index (χ3n) is 4.47. The van der Waals surface area contributed by atoms with Gasteiger partial charge in [-0.15, -0.1) is 0 Å². The normalized spacial score (nSPS) is 32.3. The van der Waals surface area contributed by atoms with Gasteiger partial charge in [-0.3, -0.25) is 4.79 Å². The third kappa shape index (κ3) is 3.00. The minimum absolute atomic E-state index is 0.119. The molecule has 1 aliphatic carbocycles. The summed E-state index contributed by atoms with van der Waals surface area (Å²) in [4.78, 5) is 24.7. The number of nitrogens with two attached hydrogens (primary N) is 1. The van der Waals surface area contributed by atoms with Crippen molar-refractivity contribution in [3.63, 3.8) is 0 Å². The highest BCUT2D eigenvalue weighted by Gasteiger charge is 2.44. The molecule has 1 aliphatic heterocycles. The van der Waals surface area contributed by atoms with Crippen LogP contribution in [0.25, 0.3) is 0 Å². The Morgan fingerprint density at radius 3 is 2.84 bits per heavy atom.